The molecule has 0 heterocycles. The van der Waals surface area contributed by atoms with E-state index in [1.807, 2.05) is 14.2 Å². The third-order valence-electron chi connectivity index (χ3n) is 3.52. The summed E-state index contributed by atoms with van der Waals surface area (Å²) in [5, 5.41) is 0. The van der Waals surface area contributed by atoms with Gasteiger partial charge < -0.3 is 9.47 Å². The molecule has 0 fully saturated rings. The molecule has 0 bridgehead atoms. The number of hydrogen-bond acceptors (Lipinski definition) is 2. The zero-order valence-corrected chi connectivity index (χ0v) is 13.4. The summed E-state index contributed by atoms with van der Waals surface area (Å²) in [6, 6.07) is 2.76. The van der Waals surface area contributed by atoms with Crippen LogP contribution in [0.1, 0.15) is 52.4 Å². The molecule has 0 aliphatic carbocycles. The Morgan fingerprint density at radius 2 is 1.12 bits per heavy atom. The van der Waals surface area contributed by atoms with Gasteiger partial charge in [0.2, 0.25) is 0 Å². The standard InChI is InChI=1S/C14H32O2Si/c1-5-7-9-11-17(13-15-3,14-16-4)12-10-8-6-2/h5-14H2,1-4H3. The van der Waals surface area contributed by atoms with Gasteiger partial charge in [-0.05, 0) is 0 Å². The Bertz CT molecular complexity index is 144. The summed E-state index contributed by atoms with van der Waals surface area (Å²) < 4.78 is 11.0. The second kappa shape index (κ2) is 11.2. The van der Waals surface area contributed by atoms with Gasteiger partial charge >= 0.3 is 0 Å². The predicted molar refractivity (Wildman–Crippen MR) is 78.2 cm³/mol. The fourth-order valence-corrected chi connectivity index (χ4v) is 6.70. The summed E-state index contributed by atoms with van der Waals surface area (Å²) in [5.74, 6) is 0. The molecule has 0 spiro atoms. The predicted octanol–water partition coefficient (Wildman–Crippen LogP) is 4.19. The van der Waals surface area contributed by atoms with Crippen molar-refractivity contribution in [2.75, 3.05) is 26.7 Å². The molecule has 104 valence electrons. The smallest absolute Gasteiger partial charge is 0.113 e. The lowest BCUT2D eigenvalue weighted by Gasteiger charge is -2.30. The molecular weight excluding hydrogens is 228 g/mol. The van der Waals surface area contributed by atoms with Crippen molar-refractivity contribution in [3.05, 3.63) is 0 Å². The van der Waals surface area contributed by atoms with Gasteiger partial charge in [-0.1, -0.05) is 64.5 Å². The molecule has 0 N–H and O–H groups in total. The molecule has 0 aromatic carbocycles. The summed E-state index contributed by atoms with van der Waals surface area (Å²) in [6.45, 7) is 4.54. The average Bonchev–Trinajstić information content (AvgIpc) is 2.30. The lowest BCUT2D eigenvalue weighted by molar-refractivity contribution is 0.214. The van der Waals surface area contributed by atoms with Crippen LogP contribution in [-0.4, -0.2) is 34.8 Å². The van der Waals surface area contributed by atoms with Crippen molar-refractivity contribution >= 4 is 8.07 Å². The molecule has 0 saturated carbocycles. The van der Waals surface area contributed by atoms with Crippen LogP contribution >= 0.6 is 0 Å². The Morgan fingerprint density at radius 3 is 1.41 bits per heavy atom. The first-order chi connectivity index (χ1) is 8.24. The molecule has 0 aromatic heterocycles. The molecule has 0 atom stereocenters. The Hall–Kier alpha value is 0.137. The van der Waals surface area contributed by atoms with Crippen molar-refractivity contribution in [3.8, 4) is 0 Å². The highest BCUT2D eigenvalue weighted by atomic mass is 28.3. The van der Waals surface area contributed by atoms with Gasteiger partial charge in [0.05, 0.1) is 0 Å². The largest absolute Gasteiger partial charge is 0.388 e. The van der Waals surface area contributed by atoms with Crippen LogP contribution in [0.15, 0.2) is 0 Å². The van der Waals surface area contributed by atoms with E-state index in [-0.39, 0.29) is 0 Å². The summed E-state index contributed by atoms with van der Waals surface area (Å²) in [4.78, 5) is 0. The normalized spacial score (nSPS) is 12.0. The van der Waals surface area contributed by atoms with Gasteiger partial charge in [0.25, 0.3) is 0 Å². The lowest BCUT2D eigenvalue weighted by Crippen LogP contribution is -2.45. The third-order valence-corrected chi connectivity index (χ3v) is 8.15. The zero-order valence-electron chi connectivity index (χ0n) is 12.4. The van der Waals surface area contributed by atoms with Gasteiger partial charge in [-0.15, -0.1) is 0 Å². The van der Waals surface area contributed by atoms with Crippen molar-refractivity contribution in [1.29, 1.82) is 0 Å². The molecule has 0 saturated heterocycles. The van der Waals surface area contributed by atoms with Gasteiger partial charge in [0.1, 0.15) is 8.07 Å². The fourth-order valence-electron chi connectivity index (χ4n) is 2.57. The monoisotopic (exact) mass is 260 g/mol. The Morgan fingerprint density at radius 1 is 0.706 bits per heavy atom. The van der Waals surface area contributed by atoms with Gasteiger partial charge in [0.15, 0.2) is 0 Å². The highest BCUT2D eigenvalue weighted by Crippen LogP contribution is 2.23. The number of rotatable bonds is 12. The molecule has 0 rings (SSSR count). The number of unbranched alkanes of at least 4 members (excludes halogenated alkanes) is 4. The van der Waals surface area contributed by atoms with Gasteiger partial charge in [-0.3, -0.25) is 0 Å². The van der Waals surface area contributed by atoms with E-state index in [0.717, 1.165) is 12.5 Å². The Labute approximate surface area is 109 Å². The van der Waals surface area contributed by atoms with Crippen LogP contribution in [0.4, 0.5) is 0 Å². The van der Waals surface area contributed by atoms with Crippen LogP contribution in [0.25, 0.3) is 0 Å². The summed E-state index contributed by atoms with van der Waals surface area (Å²) >= 11 is 0. The van der Waals surface area contributed by atoms with E-state index < -0.39 is 8.07 Å². The van der Waals surface area contributed by atoms with E-state index in [1.165, 1.54) is 50.6 Å². The van der Waals surface area contributed by atoms with Gasteiger partial charge in [-0.25, -0.2) is 0 Å². The highest BCUT2D eigenvalue weighted by Gasteiger charge is 2.32. The van der Waals surface area contributed by atoms with Crippen LogP contribution in [0.3, 0.4) is 0 Å². The van der Waals surface area contributed by atoms with Crippen molar-refractivity contribution < 1.29 is 9.47 Å². The van der Waals surface area contributed by atoms with Gasteiger partial charge in [-0.2, -0.15) is 0 Å². The van der Waals surface area contributed by atoms with E-state index in [1.54, 1.807) is 0 Å². The molecule has 0 aliphatic rings. The van der Waals surface area contributed by atoms with E-state index >= 15 is 0 Å². The Kier molecular flexibility index (Phi) is 11.3. The molecule has 0 radical (unpaired) electrons. The minimum atomic E-state index is -1.31. The molecular formula is C14H32O2Si. The minimum Gasteiger partial charge on any atom is -0.388 e. The van der Waals surface area contributed by atoms with E-state index in [0.29, 0.717) is 0 Å². The first-order valence-electron chi connectivity index (χ1n) is 7.22. The first-order valence-corrected chi connectivity index (χ1v) is 10.1. The Balaban J connectivity index is 4.25. The van der Waals surface area contributed by atoms with Crippen LogP contribution in [0, 0.1) is 0 Å². The maximum Gasteiger partial charge on any atom is 0.113 e. The van der Waals surface area contributed by atoms with Crippen molar-refractivity contribution in [1.82, 2.24) is 0 Å². The van der Waals surface area contributed by atoms with Crippen molar-refractivity contribution in [2.45, 2.75) is 64.5 Å². The van der Waals surface area contributed by atoms with E-state index in [4.69, 9.17) is 9.47 Å². The van der Waals surface area contributed by atoms with Crippen molar-refractivity contribution in [2.24, 2.45) is 0 Å². The number of hydrogen-bond donors (Lipinski definition) is 0. The second-order valence-electron chi connectivity index (χ2n) is 5.28. The number of ether oxygens (including phenoxy) is 2. The van der Waals surface area contributed by atoms with Gasteiger partial charge in [0, 0.05) is 26.7 Å². The topological polar surface area (TPSA) is 18.5 Å². The quantitative estimate of drug-likeness (QED) is 0.387. The zero-order chi connectivity index (χ0) is 13.0. The minimum absolute atomic E-state index is 0.980. The van der Waals surface area contributed by atoms with Crippen LogP contribution in [-0.2, 0) is 9.47 Å². The first kappa shape index (κ1) is 17.1. The molecule has 0 aromatic rings. The summed E-state index contributed by atoms with van der Waals surface area (Å²) in [6.07, 6.45) is 10.0. The van der Waals surface area contributed by atoms with Crippen LogP contribution in [0.2, 0.25) is 12.1 Å². The number of methoxy groups -OCH3 is 2. The molecule has 0 amide bonds. The van der Waals surface area contributed by atoms with E-state index in [9.17, 15) is 0 Å². The summed E-state index contributed by atoms with van der Waals surface area (Å²) in [7, 11) is 2.37. The van der Waals surface area contributed by atoms with Crippen LogP contribution in [0.5, 0.6) is 0 Å². The van der Waals surface area contributed by atoms with Crippen molar-refractivity contribution in [3.63, 3.8) is 0 Å². The SMILES string of the molecule is CCCCC[Si](CCCCC)(COC)COC. The molecule has 0 aliphatic heterocycles. The molecule has 17 heavy (non-hydrogen) atoms. The van der Waals surface area contributed by atoms with E-state index in [2.05, 4.69) is 13.8 Å². The molecule has 2 nitrogen and oxygen atoms in total. The summed E-state index contributed by atoms with van der Waals surface area (Å²) in [5.41, 5.74) is 0. The second-order valence-corrected chi connectivity index (χ2v) is 9.86. The maximum absolute atomic E-state index is 5.50. The highest BCUT2D eigenvalue weighted by molar-refractivity contribution is 6.79. The molecule has 3 heteroatoms. The maximum atomic E-state index is 5.50. The van der Waals surface area contributed by atoms with Crippen LogP contribution < -0.4 is 0 Å². The third kappa shape index (κ3) is 7.95. The fraction of sp³-hybridized carbons (Fsp3) is 1.00. The molecule has 0 unspecified atom stereocenters. The average molecular weight is 260 g/mol. The lowest BCUT2D eigenvalue weighted by atomic mass is 10.3.